The van der Waals surface area contributed by atoms with Gasteiger partial charge in [0.05, 0.1) is 5.02 Å². The van der Waals surface area contributed by atoms with Gasteiger partial charge >= 0.3 is 0 Å². The van der Waals surface area contributed by atoms with Gasteiger partial charge in [0.2, 0.25) is 0 Å². The first-order chi connectivity index (χ1) is 7.79. The maximum atomic E-state index is 5.77. The number of hydrogen-bond donors (Lipinski definition) is 1. The van der Waals surface area contributed by atoms with Gasteiger partial charge in [0.25, 0.3) is 0 Å². The van der Waals surface area contributed by atoms with E-state index < -0.39 is 0 Å². The van der Waals surface area contributed by atoms with Crippen LogP contribution in [0, 0.1) is 0 Å². The van der Waals surface area contributed by atoms with Gasteiger partial charge in [0.1, 0.15) is 10.7 Å². The zero-order valence-electron chi connectivity index (χ0n) is 8.77. The Hall–Kier alpha value is -1.04. The van der Waals surface area contributed by atoms with Crippen LogP contribution >= 0.6 is 22.9 Å². The summed E-state index contributed by atoms with van der Waals surface area (Å²) in [5.74, 6) is 0. The first-order valence-corrected chi connectivity index (χ1v) is 6.08. The second kappa shape index (κ2) is 5.34. The molecule has 0 aliphatic rings. The molecule has 0 aliphatic heterocycles. The molecule has 0 bridgehead atoms. The van der Waals surface area contributed by atoms with E-state index in [1.165, 1.54) is 0 Å². The highest BCUT2D eigenvalue weighted by molar-refractivity contribution is 7.14. The minimum absolute atomic E-state index is 0.628. The van der Waals surface area contributed by atoms with Crippen molar-refractivity contribution >= 4 is 22.9 Å². The van der Waals surface area contributed by atoms with E-state index in [2.05, 4.69) is 20.5 Å². The van der Waals surface area contributed by atoms with E-state index in [0.29, 0.717) is 5.02 Å². The Morgan fingerprint density at radius 3 is 2.94 bits per heavy atom. The third-order valence-electron chi connectivity index (χ3n) is 2.00. The van der Waals surface area contributed by atoms with Gasteiger partial charge in [-0.05, 0) is 19.2 Å². The summed E-state index contributed by atoms with van der Waals surface area (Å²) in [4.78, 5) is 4.20. The lowest BCUT2D eigenvalue weighted by molar-refractivity contribution is 0.779. The van der Waals surface area contributed by atoms with Crippen LogP contribution in [0.15, 0.2) is 18.3 Å². The molecule has 84 valence electrons. The Kier molecular flexibility index (Phi) is 3.82. The van der Waals surface area contributed by atoms with Gasteiger partial charge in [-0.15, -0.1) is 10.2 Å². The van der Waals surface area contributed by atoms with Gasteiger partial charge in [-0.1, -0.05) is 22.9 Å². The van der Waals surface area contributed by atoms with Crippen LogP contribution < -0.4 is 5.32 Å². The Labute approximate surface area is 103 Å². The zero-order chi connectivity index (χ0) is 11.4. The average Bonchev–Trinajstić information content (AvgIpc) is 2.76. The van der Waals surface area contributed by atoms with E-state index in [1.54, 1.807) is 23.6 Å². The summed E-state index contributed by atoms with van der Waals surface area (Å²) in [5, 5.41) is 13.8. The highest BCUT2D eigenvalue weighted by Crippen LogP contribution is 2.22. The number of rotatable bonds is 4. The fraction of sp³-hybridized carbons (Fsp3) is 0.300. The molecule has 16 heavy (non-hydrogen) atoms. The van der Waals surface area contributed by atoms with Crippen molar-refractivity contribution in [1.82, 2.24) is 20.5 Å². The van der Waals surface area contributed by atoms with Crippen molar-refractivity contribution < 1.29 is 0 Å². The minimum atomic E-state index is 0.628. The van der Waals surface area contributed by atoms with E-state index in [-0.39, 0.29) is 0 Å². The summed E-state index contributed by atoms with van der Waals surface area (Å²) in [7, 11) is 1.92. The number of aromatic nitrogens is 3. The number of nitrogens with zero attached hydrogens (tertiary/aromatic N) is 3. The van der Waals surface area contributed by atoms with Gasteiger partial charge in [-0.2, -0.15) is 0 Å². The zero-order valence-corrected chi connectivity index (χ0v) is 10.3. The summed E-state index contributed by atoms with van der Waals surface area (Å²) < 4.78 is 0. The third kappa shape index (κ3) is 2.75. The van der Waals surface area contributed by atoms with E-state index in [0.717, 1.165) is 28.7 Å². The Bertz CT molecular complexity index is 454. The largest absolute Gasteiger partial charge is 0.319 e. The molecule has 0 saturated heterocycles. The van der Waals surface area contributed by atoms with Crippen molar-refractivity contribution in [3.05, 3.63) is 28.4 Å². The molecule has 0 atom stereocenters. The standard InChI is InChI=1S/C10H11ClN4S/c1-12-5-4-9-14-15-10(16-9)8-3-2-7(11)6-13-8/h2-3,6,12H,4-5H2,1H3. The van der Waals surface area contributed by atoms with Gasteiger partial charge in [0.15, 0.2) is 5.01 Å². The van der Waals surface area contributed by atoms with E-state index in [9.17, 15) is 0 Å². The van der Waals surface area contributed by atoms with Crippen molar-refractivity contribution in [1.29, 1.82) is 0 Å². The van der Waals surface area contributed by atoms with Crippen molar-refractivity contribution in [3.8, 4) is 10.7 Å². The summed E-state index contributed by atoms with van der Waals surface area (Å²) in [6, 6.07) is 3.66. The van der Waals surface area contributed by atoms with Crippen molar-refractivity contribution in [2.24, 2.45) is 0 Å². The van der Waals surface area contributed by atoms with Crippen molar-refractivity contribution in [3.63, 3.8) is 0 Å². The second-order valence-electron chi connectivity index (χ2n) is 3.22. The molecule has 0 radical (unpaired) electrons. The average molecular weight is 255 g/mol. The highest BCUT2D eigenvalue weighted by atomic mass is 35.5. The Morgan fingerprint density at radius 2 is 2.25 bits per heavy atom. The van der Waals surface area contributed by atoms with Crippen LogP contribution in [0.1, 0.15) is 5.01 Å². The molecule has 0 fully saturated rings. The molecule has 2 heterocycles. The number of pyridine rings is 1. The van der Waals surface area contributed by atoms with E-state index in [1.807, 2.05) is 13.1 Å². The van der Waals surface area contributed by atoms with E-state index >= 15 is 0 Å². The smallest absolute Gasteiger partial charge is 0.166 e. The maximum absolute atomic E-state index is 5.77. The Morgan fingerprint density at radius 1 is 1.38 bits per heavy atom. The number of halogens is 1. The van der Waals surface area contributed by atoms with Gasteiger partial charge < -0.3 is 5.32 Å². The van der Waals surface area contributed by atoms with Crippen LogP contribution in [0.25, 0.3) is 10.7 Å². The SMILES string of the molecule is CNCCc1nnc(-c2ccc(Cl)cn2)s1. The van der Waals surface area contributed by atoms with Crippen LogP contribution in [0.4, 0.5) is 0 Å². The first kappa shape index (κ1) is 11.4. The molecular formula is C10H11ClN4S. The molecule has 0 aromatic carbocycles. The molecule has 0 amide bonds. The normalized spacial score (nSPS) is 10.6. The van der Waals surface area contributed by atoms with Gasteiger partial charge in [0, 0.05) is 19.2 Å². The predicted molar refractivity (Wildman–Crippen MR) is 65.8 cm³/mol. The predicted octanol–water partition coefficient (Wildman–Crippen LogP) is 2.02. The lowest BCUT2D eigenvalue weighted by Gasteiger charge is -1.93. The molecule has 0 spiro atoms. The Balaban J connectivity index is 2.15. The summed E-state index contributed by atoms with van der Waals surface area (Å²) in [5.41, 5.74) is 0.817. The minimum Gasteiger partial charge on any atom is -0.319 e. The molecule has 2 aromatic rings. The fourth-order valence-corrected chi connectivity index (χ4v) is 2.12. The quantitative estimate of drug-likeness (QED) is 0.907. The lowest BCUT2D eigenvalue weighted by Crippen LogP contribution is -2.09. The first-order valence-electron chi connectivity index (χ1n) is 4.88. The summed E-state index contributed by atoms with van der Waals surface area (Å²) >= 11 is 7.33. The van der Waals surface area contributed by atoms with Gasteiger partial charge in [-0.3, -0.25) is 4.98 Å². The molecule has 4 nitrogen and oxygen atoms in total. The summed E-state index contributed by atoms with van der Waals surface area (Å²) in [6.07, 6.45) is 2.51. The molecular weight excluding hydrogens is 244 g/mol. The lowest BCUT2D eigenvalue weighted by atomic mass is 10.4. The van der Waals surface area contributed by atoms with Crippen LogP contribution in [0.2, 0.25) is 5.02 Å². The number of nitrogens with one attached hydrogen (secondary N) is 1. The van der Waals surface area contributed by atoms with E-state index in [4.69, 9.17) is 11.6 Å². The molecule has 6 heteroatoms. The third-order valence-corrected chi connectivity index (χ3v) is 3.23. The molecule has 2 aromatic heterocycles. The highest BCUT2D eigenvalue weighted by Gasteiger charge is 2.07. The topological polar surface area (TPSA) is 50.7 Å². The van der Waals surface area contributed by atoms with Crippen LogP contribution in [-0.2, 0) is 6.42 Å². The van der Waals surface area contributed by atoms with Crippen molar-refractivity contribution in [2.45, 2.75) is 6.42 Å². The monoisotopic (exact) mass is 254 g/mol. The molecule has 0 aliphatic carbocycles. The number of likely N-dealkylation sites (N-methyl/N-ethyl adjacent to an activating group) is 1. The molecule has 0 saturated carbocycles. The second-order valence-corrected chi connectivity index (χ2v) is 4.71. The van der Waals surface area contributed by atoms with Crippen LogP contribution in [-0.4, -0.2) is 28.8 Å². The molecule has 0 unspecified atom stereocenters. The molecule has 1 N–H and O–H groups in total. The van der Waals surface area contributed by atoms with Crippen LogP contribution in [0.5, 0.6) is 0 Å². The number of hydrogen-bond acceptors (Lipinski definition) is 5. The molecule has 2 rings (SSSR count). The van der Waals surface area contributed by atoms with Gasteiger partial charge in [-0.25, -0.2) is 0 Å². The summed E-state index contributed by atoms with van der Waals surface area (Å²) in [6.45, 7) is 0.905. The van der Waals surface area contributed by atoms with Crippen LogP contribution in [0.3, 0.4) is 0 Å². The fourth-order valence-electron chi connectivity index (χ4n) is 1.19. The van der Waals surface area contributed by atoms with Crippen molar-refractivity contribution in [2.75, 3.05) is 13.6 Å². The maximum Gasteiger partial charge on any atom is 0.166 e.